The maximum atomic E-state index is 13.3. The highest BCUT2D eigenvalue weighted by molar-refractivity contribution is 5.80. The molecular formula is C25H22N2O2. The first-order valence-corrected chi connectivity index (χ1v) is 9.48. The second kappa shape index (κ2) is 7.76. The lowest BCUT2D eigenvalue weighted by atomic mass is 10.1. The molecule has 0 bridgehead atoms. The van der Waals surface area contributed by atoms with Gasteiger partial charge in [-0.3, -0.25) is 9.36 Å². The van der Waals surface area contributed by atoms with Gasteiger partial charge in [0.15, 0.2) is 0 Å². The first-order valence-electron chi connectivity index (χ1n) is 9.48. The maximum absolute atomic E-state index is 13.3. The van der Waals surface area contributed by atoms with E-state index in [9.17, 15) is 4.79 Å². The van der Waals surface area contributed by atoms with Crippen LogP contribution in [0.3, 0.4) is 0 Å². The number of methoxy groups -OCH3 is 1. The Morgan fingerprint density at radius 3 is 2.28 bits per heavy atom. The molecule has 0 saturated heterocycles. The van der Waals surface area contributed by atoms with Crippen LogP contribution in [0.2, 0.25) is 0 Å². The van der Waals surface area contributed by atoms with Gasteiger partial charge in [0, 0.05) is 0 Å². The third-order valence-corrected chi connectivity index (χ3v) is 4.81. The van der Waals surface area contributed by atoms with Crippen molar-refractivity contribution in [3.05, 3.63) is 99.6 Å². The number of nitrogens with zero attached hydrogens (tertiary/aromatic N) is 2. The number of ether oxygens (including phenoxy) is 1. The predicted octanol–water partition coefficient (Wildman–Crippen LogP) is 5.18. The number of benzene rings is 3. The van der Waals surface area contributed by atoms with Crippen molar-refractivity contribution in [3.63, 3.8) is 0 Å². The molecule has 0 unspecified atom stereocenters. The molecule has 1 heterocycles. The van der Waals surface area contributed by atoms with Crippen molar-refractivity contribution >= 4 is 23.1 Å². The van der Waals surface area contributed by atoms with Gasteiger partial charge in [-0.15, -0.1) is 0 Å². The van der Waals surface area contributed by atoms with Crippen molar-refractivity contribution in [2.45, 2.75) is 13.8 Å². The minimum absolute atomic E-state index is 0.0741. The second-order valence-electron chi connectivity index (χ2n) is 7.08. The van der Waals surface area contributed by atoms with Crippen LogP contribution in [-0.2, 0) is 0 Å². The SMILES string of the molecule is COc1ccc(/C=C/c2nc3ccccc3c(=O)n2-c2cc(C)cc(C)c2)cc1. The van der Waals surface area contributed by atoms with E-state index in [0.717, 1.165) is 28.1 Å². The molecule has 29 heavy (non-hydrogen) atoms. The minimum Gasteiger partial charge on any atom is -0.497 e. The summed E-state index contributed by atoms with van der Waals surface area (Å²) in [5.41, 5.74) is 4.64. The summed E-state index contributed by atoms with van der Waals surface area (Å²) in [6.45, 7) is 4.06. The van der Waals surface area contributed by atoms with Crippen LogP contribution in [0.25, 0.3) is 28.7 Å². The largest absolute Gasteiger partial charge is 0.497 e. The monoisotopic (exact) mass is 382 g/mol. The molecule has 4 nitrogen and oxygen atoms in total. The zero-order chi connectivity index (χ0) is 20.4. The summed E-state index contributed by atoms with van der Waals surface area (Å²) < 4.78 is 6.90. The van der Waals surface area contributed by atoms with Gasteiger partial charge in [-0.1, -0.05) is 36.4 Å². The quantitative estimate of drug-likeness (QED) is 0.488. The normalized spacial score (nSPS) is 11.3. The van der Waals surface area contributed by atoms with E-state index < -0.39 is 0 Å². The van der Waals surface area contributed by atoms with Gasteiger partial charge in [0.25, 0.3) is 5.56 Å². The highest BCUT2D eigenvalue weighted by Crippen LogP contribution is 2.19. The van der Waals surface area contributed by atoms with Gasteiger partial charge in [0.2, 0.25) is 0 Å². The van der Waals surface area contributed by atoms with E-state index in [1.165, 1.54) is 0 Å². The number of aromatic nitrogens is 2. The molecule has 0 N–H and O–H groups in total. The van der Waals surface area contributed by atoms with Crippen LogP contribution in [0.4, 0.5) is 0 Å². The fraction of sp³-hybridized carbons (Fsp3) is 0.120. The highest BCUT2D eigenvalue weighted by Gasteiger charge is 2.11. The fourth-order valence-electron chi connectivity index (χ4n) is 3.48. The topological polar surface area (TPSA) is 44.1 Å². The summed E-state index contributed by atoms with van der Waals surface area (Å²) in [5.74, 6) is 1.40. The Morgan fingerprint density at radius 1 is 0.897 bits per heavy atom. The third kappa shape index (κ3) is 3.83. The van der Waals surface area contributed by atoms with Crippen LogP contribution in [0.1, 0.15) is 22.5 Å². The van der Waals surface area contributed by atoms with E-state index in [1.807, 2.05) is 86.7 Å². The predicted molar refractivity (Wildman–Crippen MR) is 119 cm³/mol. The lowest BCUT2D eigenvalue weighted by Gasteiger charge is -2.13. The van der Waals surface area contributed by atoms with E-state index in [1.54, 1.807) is 11.7 Å². The second-order valence-corrected chi connectivity index (χ2v) is 7.08. The number of hydrogen-bond donors (Lipinski definition) is 0. The molecule has 0 aliphatic carbocycles. The zero-order valence-electron chi connectivity index (χ0n) is 16.7. The van der Waals surface area contributed by atoms with Crippen molar-refractivity contribution < 1.29 is 4.74 Å². The molecule has 0 aliphatic rings. The molecule has 0 spiro atoms. The van der Waals surface area contributed by atoms with Crippen LogP contribution in [0.5, 0.6) is 5.75 Å². The highest BCUT2D eigenvalue weighted by atomic mass is 16.5. The lowest BCUT2D eigenvalue weighted by Crippen LogP contribution is -2.22. The molecular weight excluding hydrogens is 360 g/mol. The summed E-state index contributed by atoms with van der Waals surface area (Å²) in [6.07, 6.45) is 3.84. The summed E-state index contributed by atoms with van der Waals surface area (Å²) in [6, 6.07) is 21.3. The van der Waals surface area contributed by atoms with E-state index in [-0.39, 0.29) is 5.56 Å². The zero-order valence-corrected chi connectivity index (χ0v) is 16.7. The van der Waals surface area contributed by atoms with E-state index >= 15 is 0 Å². The van der Waals surface area contributed by atoms with Gasteiger partial charge in [0.05, 0.1) is 23.7 Å². The standard InChI is InChI=1S/C25H22N2O2/c1-17-14-18(2)16-20(15-17)27-24(13-10-19-8-11-21(29-3)12-9-19)26-23-7-5-4-6-22(23)25(27)28/h4-16H,1-3H3/b13-10+. The van der Waals surface area contributed by atoms with Crippen LogP contribution in [0, 0.1) is 13.8 Å². The molecule has 0 fully saturated rings. The molecule has 144 valence electrons. The number of fused-ring (bicyclic) bond motifs is 1. The summed E-state index contributed by atoms with van der Waals surface area (Å²) in [4.78, 5) is 18.1. The average molecular weight is 382 g/mol. The number of aryl methyl sites for hydroxylation is 2. The minimum atomic E-state index is -0.0741. The molecule has 4 aromatic rings. The average Bonchev–Trinajstić information content (AvgIpc) is 2.72. The first kappa shape index (κ1) is 18.7. The Labute approximate surface area is 169 Å². The fourth-order valence-corrected chi connectivity index (χ4v) is 3.48. The Morgan fingerprint density at radius 2 is 1.59 bits per heavy atom. The van der Waals surface area contributed by atoms with E-state index in [2.05, 4.69) is 6.07 Å². The van der Waals surface area contributed by atoms with Crippen molar-refractivity contribution in [2.24, 2.45) is 0 Å². The van der Waals surface area contributed by atoms with Crippen molar-refractivity contribution in [1.82, 2.24) is 9.55 Å². The van der Waals surface area contributed by atoms with Crippen LogP contribution < -0.4 is 10.3 Å². The molecule has 0 amide bonds. The molecule has 3 aromatic carbocycles. The van der Waals surface area contributed by atoms with Crippen molar-refractivity contribution in [3.8, 4) is 11.4 Å². The molecule has 1 aromatic heterocycles. The number of rotatable bonds is 4. The Balaban J connectivity index is 1.91. The molecule has 4 rings (SSSR count). The van der Waals surface area contributed by atoms with Gasteiger partial charge < -0.3 is 4.74 Å². The smallest absolute Gasteiger partial charge is 0.266 e. The number of para-hydroxylation sites is 1. The number of hydrogen-bond acceptors (Lipinski definition) is 3. The Hall–Kier alpha value is -3.66. The lowest BCUT2D eigenvalue weighted by molar-refractivity contribution is 0.415. The van der Waals surface area contributed by atoms with Crippen LogP contribution in [0.15, 0.2) is 71.5 Å². The summed E-state index contributed by atoms with van der Waals surface area (Å²) in [7, 11) is 1.65. The van der Waals surface area contributed by atoms with Gasteiger partial charge in [-0.2, -0.15) is 0 Å². The Kier molecular flexibility index (Phi) is 5.00. The summed E-state index contributed by atoms with van der Waals surface area (Å²) in [5, 5.41) is 0.605. The maximum Gasteiger partial charge on any atom is 0.266 e. The van der Waals surface area contributed by atoms with Gasteiger partial charge in [-0.05, 0) is 73.0 Å². The molecule has 4 heteroatoms. The summed E-state index contributed by atoms with van der Waals surface area (Å²) >= 11 is 0. The van der Waals surface area contributed by atoms with Gasteiger partial charge in [0.1, 0.15) is 11.6 Å². The Bertz CT molecular complexity index is 1250. The van der Waals surface area contributed by atoms with Crippen LogP contribution in [-0.4, -0.2) is 16.7 Å². The van der Waals surface area contributed by atoms with Gasteiger partial charge >= 0.3 is 0 Å². The van der Waals surface area contributed by atoms with Crippen LogP contribution >= 0.6 is 0 Å². The van der Waals surface area contributed by atoms with Crippen molar-refractivity contribution in [1.29, 1.82) is 0 Å². The van der Waals surface area contributed by atoms with E-state index in [4.69, 9.17) is 9.72 Å². The molecule has 0 radical (unpaired) electrons. The molecule has 0 saturated carbocycles. The molecule has 0 aliphatic heterocycles. The van der Waals surface area contributed by atoms with Crippen molar-refractivity contribution in [2.75, 3.05) is 7.11 Å². The van der Waals surface area contributed by atoms with Gasteiger partial charge in [-0.25, -0.2) is 4.98 Å². The molecule has 0 atom stereocenters. The third-order valence-electron chi connectivity index (χ3n) is 4.81. The van der Waals surface area contributed by atoms with E-state index in [0.29, 0.717) is 16.7 Å². The first-order chi connectivity index (χ1) is 14.0.